The van der Waals surface area contributed by atoms with Gasteiger partial charge in [-0.1, -0.05) is 6.42 Å². The lowest BCUT2D eigenvalue weighted by atomic mass is 10.1. The number of nitrogens with one attached hydrogen (secondary N) is 1. The van der Waals surface area contributed by atoms with Crippen LogP contribution in [0.2, 0.25) is 0 Å². The standard InChI is InChI=1S/C21H20FN7O/c1-13-18(20-23-9-5-11-29(20)27-13)21(30)24-16-12-14(7-8-15(16)22)19-26-25-17-6-3-2-4-10-28(17)19/h5,7-9,11-12H,2-4,6,10H2,1H3,(H,24,30). The summed E-state index contributed by atoms with van der Waals surface area (Å²) in [4.78, 5) is 17.2. The van der Waals surface area contributed by atoms with E-state index in [2.05, 4.69) is 30.2 Å². The lowest BCUT2D eigenvalue weighted by Crippen LogP contribution is -2.14. The number of hydrogen-bond donors (Lipinski definition) is 1. The minimum Gasteiger partial charge on any atom is -0.319 e. The maximum Gasteiger partial charge on any atom is 0.261 e. The molecule has 4 aromatic rings. The van der Waals surface area contributed by atoms with E-state index < -0.39 is 11.7 Å². The first-order valence-corrected chi connectivity index (χ1v) is 9.95. The fourth-order valence-corrected chi connectivity index (χ4v) is 3.91. The minimum absolute atomic E-state index is 0.0816. The first-order valence-electron chi connectivity index (χ1n) is 9.95. The van der Waals surface area contributed by atoms with Crippen LogP contribution in [0.1, 0.15) is 41.1 Å². The van der Waals surface area contributed by atoms with Crippen LogP contribution in [0.3, 0.4) is 0 Å². The monoisotopic (exact) mass is 405 g/mol. The van der Waals surface area contributed by atoms with Gasteiger partial charge in [0, 0.05) is 30.9 Å². The van der Waals surface area contributed by atoms with E-state index in [0.29, 0.717) is 28.3 Å². The second-order valence-corrected chi connectivity index (χ2v) is 7.40. The molecule has 0 radical (unpaired) electrons. The maximum atomic E-state index is 14.5. The van der Waals surface area contributed by atoms with Crippen molar-refractivity contribution in [2.24, 2.45) is 0 Å². The molecule has 0 saturated carbocycles. The molecule has 4 heterocycles. The molecular weight excluding hydrogens is 385 g/mol. The van der Waals surface area contributed by atoms with Gasteiger partial charge in [-0.05, 0) is 44.0 Å². The molecule has 1 aromatic carbocycles. The zero-order valence-electron chi connectivity index (χ0n) is 16.5. The molecule has 0 atom stereocenters. The summed E-state index contributed by atoms with van der Waals surface area (Å²) >= 11 is 0. The molecule has 9 heteroatoms. The Morgan fingerprint density at radius 1 is 1.20 bits per heavy atom. The predicted molar refractivity (Wildman–Crippen MR) is 109 cm³/mol. The van der Waals surface area contributed by atoms with Crippen molar-refractivity contribution in [2.75, 3.05) is 5.32 Å². The fraction of sp³-hybridized carbons (Fsp3) is 0.286. The molecule has 0 saturated heterocycles. The maximum absolute atomic E-state index is 14.5. The van der Waals surface area contributed by atoms with E-state index in [0.717, 1.165) is 38.1 Å². The van der Waals surface area contributed by atoms with E-state index in [-0.39, 0.29) is 5.69 Å². The van der Waals surface area contributed by atoms with Crippen molar-refractivity contribution in [1.82, 2.24) is 29.4 Å². The molecule has 5 rings (SSSR count). The number of carbonyl (C=O) groups is 1. The number of aryl methyl sites for hydroxylation is 2. The van der Waals surface area contributed by atoms with Crippen LogP contribution in [0.25, 0.3) is 17.0 Å². The highest BCUT2D eigenvalue weighted by Gasteiger charge is 2.21. The number of carbonyl (C=O) groups excluding carboxylic acids is 1. The molecule has 8 nitrogen and oxygen atoms in total. The first-order chi connectivity index (χ1) is 14.6. The van der Waals surface area contributed by atoms with Crippen molar-refractivity contribution in [3.63, 3.8) is 0 Å². The van der Waals surface area contributed by atoms with Gasteiger partial charge in [0.25, 0.3) is 5.91 Å². The molecule has 0 bridgehead atoms. The van der Waals surface area contributed by atoms with Gasteiger partial charge in [0.05, 0.1) is 11.4 Å². The molecule has 1 aliphatic heterocycles. The third kappa shape index (κ3) is 3.12. The average molecular weight is 405 g/mol. The molecular formula is C21H20FN7O. The van der Waals surface area contributed by atoms with Gasteiger partial charge < -0.3 is 9.88 Å². The second-order valence-electron chi connectivity index (χ2n) is 7.40. The third-order valence-electron chi connectivity index (χ3n) is 5.38. The van der Waals surface area contributed by atoms with Crippen LogP contribution in [0.5, 0.6) is 0 Å². The number of hydrogen-bond acceptors (Lipinski definition) is 5. The van der Waals surface area contributed by atoms with Gasteiger partial charge in [-0.25, -0.2) is 13.9 Å². The normalized spacial score (nSPS) is 13.8. The highest BCUT2D eigenvalue weighted by Crippen LogP contribution is 2.27. The Bertz CT molecular complexity index is 1260. The molecule has 1 N–H and O–H groups in total. The number of rotatable bonds is 3. The van der Waals surface area contributed by atoms with E-state index >= 15 is 0 Å². The molecule has 30 heavy (non-hydrogen) atoms. The van der Waals surface area contributed by atoms with Crippen molar-refractivity contribution in [3.05, 3.63) is 59.6 Å². The van der Waals surface area contributed by atoms with Gasteiger partial charge in [-0.15, -0.1) is 10.2 Å². The van der Waals surface area contributed by atoms with Crippen molar-refractivity contribution in [3.8, 4) is 11.4 Å². The molecule has 152 valence electrons. The van der Waals surface area contributed by atoms with Crippen molar-refractivity contribution < 1.29 is 9.18 Å². The summed E-state index contributed by atoms with van der Waals surface area (Å²) in [6.45, 7) is 2.56. The Morgan fingerprint density at radius 2 is 2.10 bits per heavy atom. The summed E-state index contributed by atoms with van der Waals surface area (Å²) in [5.74, 6) is 0.656. The van der Waals surface area contributed by atoms with Gasteiger partial charge >= 0.3 is 0 Å². The van der Waals surface area contributed by atoms with E-state index in [1.54, 1.807) is 37.5 Å². The largest absolute Gasteiger partial charge is 0.319 e. The average Bonchev–Trinajstić information content (AvgIpc) is 3.20. The summed E-state index contributed by atoms with van der Waals surface area (Å²) in [5.41, 5.74) is 2.05. The molecule has 0 fully saturated rings. The van der Waals surface area contributed by atoms with E-state index in [9.17, 15) is 9.18 Å². The number of amides is 1. The number of nitrogens with zero attached hydrogens (tertiary/aromatic N) is 6. The van der Waals surface area contributed by atoms with Crippen LogP contribution >= 0.6 is 0 Å². The highest BCUT2D eigenvalue weighted by atomic mass is 19.1. The van der Waals surface area contributed by atoms with E-state index in [1.165, 1.54) is 10.6 Å². The van der Waals surface area contributed by atoms with Crippen molar-refractivity contribution in [1.29, 1.82) is 0 Å². The topological polar surface area (TPSA) is 90.0 Å². The van der Waals surface area contributed by atoms with Crippen LogP contribution < -0.4 is 5.32 Å². The Hall–Kier alpha value is -3.62. The fourth-order valence-electron chi connectivity index (χ4n) is 3.91. The molecule has 3 aromatic heterocycles. The zero-order valence-corrected chi connectivity index (χ0v) is 16.5. The van der Waals surface area contributed by atoms with Crippen molar-refractivity contribution in [2.45, 2.75) is 39.2 Å². The Kier molecular flexibility index (Phi) is 4.50. The van der Waals surface area contributed by atoms with Gasteiger partial charge in [0.2, 0.25) is 0 Å². The number of benzene rings is 1. The number of halogens is 1. The lowest BCUT2D eigenvalue weighted by molar-refractivity contribution is 0.102. The molecule has 1 amide bonds. The third-order valence-corrected chi connectivity index (χ3v) is 5.38. The molecule has 0 spiro atoms. The predicted octanol–water partition coefficient (Wildman–Crippen LogP) is 3.41. The number of anilines is 1. The van der Waals surface area contributed by atoms with Gasteiger partial charge in [0.15, 0.2) is 11.5 Å². The number of aromatic nitrogens is 6. The summed E-state index contributed by atoms with van der Waals surface area (Å²) in [6, 6.07) is 6.33. The smallest absolute Gasteiger partial charge is 0.261 e. The second kappa shape index (κ2) is 7.33. The summed E-state index contributed by atoms with van der Waals surface area (Å²) in [5, 5.41) is 15.6. The van der Waals surface area contributed by atoms with Crippen LogP contribution in [0.15, 0.2) is 36.7 Å². The Balaban J connectivity index is 1.49. The zero-order chi connectivity index (χ0) is 20.7. The Labute approximate surface area is 171 Å². The minimum atomic E-state index is -0.523. The Morgan fingerprint density at radius 3 is 3.00 bits per heavy atom. The van der Waals surface area contributed by atoms with Crippen LogP contribution in [0.4, 0.5) is 10.1 Å². The van der Waals surface area contributed by atoms with Crippen LogP contribution in [-0.4, -0.2) is 35.3 Å². The summed E-state index contributed by atoms with van der Waals surface area (Å²) in [6.07, 6.45) is 7.49. The quantitative estimate of drug-likeness (QED) is 0.564. The highest BCUT2D eigenvalue weighted by molar-refractivity contribution is 6.09. The molecule has 0 aliphatic carbocycles. The number of fused-ring (bicyclic) bond motifs is 2. The van der Waals surface area contributed by atoms with E-state index in [4.69, 9.17) is 0 Å². The van der Waals surface area contributed by atoms with Gasteiger partial charge in [0.1, 0.15) is 17.2 Å². The van der Waals surface area contributed by atoms with Crippen LogP contribution in [-0.2, 0) is 13.0 Å². The molecule has 0 unspecified atom stereocenters. The van der Waals surface area contributed by atoms with Crippen LogP contribution in [0, 0.1) is 12.7 Å². The summed E-state index contributed by atoms with van der Waals surface area (Å²) < 4.78 is 18.2. The van der Waals surface area contributed by atoms with E-state index in [1.807, 2.05) is 0 Å². The SMILES string of the molecule is Cc1nn2cccnc2c1C(=O)Nc1cc(-c2nnc3n2CCCCC3)ccc1F. The summed E-state index contributed by atoms with van der Waals surface area (Å²) in [7, 11) is 0. The first kappa shape index (κ1) is 18.4. The lowest BCUT2D eigenvalue weighted by Gasteiger charge is -2.10. The van der Waals surface area contributed by atoms with Gasteiger partial charge in [-0.3, -0.25) is 4.79 Å². The molecule has 1 aliphatic rings. The van der Waals surface area contributed by atoms with Crippen molar-refractivity contribution >= 4 is 17.2 Å². The van der Waals surface area contributed by atoms with Gasteiger partial charge in [-0.2, -0.15) is 5.10 Å².